The zero-order valence-corrected chi connectivity index (χ0v) is 15.8. The minimum atomic E-state index is -3.70. The normalized spacial score (nSPS) is 18.8. The molecular formula is C19H21NO6S. The van der Waals surface area contributed by atoms with Crippen LogP contribution in [0.25, 0.3) is 0 Å². The molecular weight excluding hydrogens is 370 g/mol. The number of ether oxygens (including phenoxy) is 4. The van der Waals surface area contributed by atoms with Gasteiger partial charge in [0.2, 0.25) is 10.0 Å². The molecule has 4 rings (SSSR count). The van der Waals surface area contributed by atoms with Gasteiger partial charge in [0.25, 0.3) is 0 Å². The zero-order valence-electron chi connectivity index (χ0n) is 15.0. The van der Waals surface area contributed by atoms with E-state index in [1.165, 1.54) is 23.5 Å². The first-order valence-corrected chi connectivity index (χ1v) is 10.2. The van der Waals surface area contributed by atoms with E-state index in [4.69, 9.17) is 18.9 Å². The van der Waals surface area contributed by atoms with E-state index >= 15 is 0 Å². The number of hydrogen-bond acceptors (Lipinski definition) is 6. The summed E-state index contributed by atoms with van der Waals surface area (Å²) in [6.07, 6.45) is 0.372. The van der Waals surface area contributed by atoms with Crippen LogP contribution < -0.4 is 18.9 Å². The maximum Gasteiger partial charge on any atom is 0.243 e. The van der Waals surface area contributed by atoms with Crippen LogP contribution in [0.2, 0.25) is 0 Å². The van der Waals surface area contributed by atoms with Gasteiger partial charge in [-0.3, -0.25) is 0 Å². The lowest BCUT2D eigenvalue weighted by molar-refractivity contribution is 0.0798. The SMILES string of the molecule is CN(C[C@H]1COc2ccccc2O1)S(=O)(=O)c1ccc2c(c1)OCCCO2. The Morgan fingerprint density at radius 3 is 2.48 bits per heavy atom. The Hall–Kier alpha value is -2.45. The number of nitrogens with zero attached hydrogens (tertiary/aromatic N) is 1. The van der Waals surface area contributed by atoms with Crippen LogP contribution in [-0.2, 0) is 10.0 Å². The fourth-order valence-corrected chi connectivity index (χ4v) is 4.24. The first kappa shape index (κ1) is 17.9. The van der Waals surface area contributed by atoms with Gasteiger partial charge in [-0.25, -0.2) is 8.42 Å². The van der Waals surface area contributed by atoms with Gasteiger partial charge in [-0.2, -0.15) is 4.31 Å². The third-order valence-corrected chi connectivity index (χ3v) is 6.27. The second-order valence-electron chi connectivity index (χ2n) is 6.44. The standard InChI is InChI=1S/C19H21NO6S/c1-20(12-14-13-25-16-5-2-3-6-18(16)26-14)27(21,22)15-7-8-17-19(11-15)24-10-4-9-23-17/h2-3,5-8,11,14H,4,9-10,12-13H2,1H3/t14-/m0/s1. The smallest absolute Gasteiger partial charge is 0.243 e. The molecule has 0 aliphatic carbocycles. The van der Waals surface area contributed by atoms with Crippen molar-refractivity contribution in [2.75, 3.05) is 33.4 Å². The Morgan fingerprint density at radius 2 is 1.67 bits per heavy atom. The van der Waals surface area contributed by atoms with Crippen LogP contribution in [0.15, 0.2) is 47.4 Å². The summed E-state index contributed by atoms with van der Waals surface area (Å²) in [5.41, 5.74) is 0. The molecule has 0 radical (unpaired) electrons. The molecule has 27 heavy (non-hydrogen) atoms. The molecule has 2 aromatic carbocycles. The van der Waals surface area contributed by atoms with Gasteiger partial charge in [-0.05, 0) is 24.3 Å². The van der Waals surface area contributed by atoms with Crippen LogP contribution in [-0.4, -0.2) is 52.2 Å². The molecule has 0 aromatic heterocycles. The van der Waals surface area contributed by atoms with E-state index < -0.39 is 10.0 Å². The van der Waals surface area contributed by atoms with Crippen molar-refractivity contribution in [2.45, 2.75) is 17.4 Å². The van der Waals surface area contributed by atoms with Crippen molar-refractivity contribution in [3.8, 4) is 23.0 Å². The number of fused-ring (bicyclic) bond motifs is 2. The van der Waals surface area contributed by atoms with Crippen molar-refractivity contribution in [3.05, 3.63) is 42.5 Å². The summed E-state index contributed by atoms with van der Waals surface area (Å²) in [4.78, 5) is 0.159. The molecule has 0 N–H and O–H groups in total. The van der Waals surface area contributed by atoms with E-state index in [1.807, 2.05) is 18.2 Å². The highest BCUT2D eigenvalue weighted by Gasteiger charge is 2.29. The summed E-state index contributed by atoms with van der Waals surface area (Å²) in [6, 6.07) is 12.0. The van der Waals surface area contributed by atoms with Gasteiger partial charge >= 0.3 is 0 Å². The first-order valence-electron chi connectivity index (χ1n) is 8.78. The van der Waals surface area contributed by atoms with E-state index in [1.54, 1.807) is 12.1 Å². The minimum Gasteiger partial charge on any atom is -0.490 e. The van der Waals surface area contributed by atoms with Crippen LogP contribution in [0.5, 0.6) is 23.0 Å². The molecule has 0 saturated heterocycles. The van der Waals surface area contributed by atoms with Crippen molar-refractivity contribution >= 4 is 10.0 Å². The van der Waals surface area contributed by atoms with Crippen LogP contribution in [0.4, 0.5) is 0 Å². The highest BCUT2D eigenvalue weighted by Crippen LogP contribution is 2.34. The summed E-state index contributed by atoms with van der Waals surface area (Å²) in [5.74, 6) is 2.31. The highest BCUT2D eigenvalue weighted by molar-refractivity contribution is 7.89. The highest BCUT2D eigenvalue weighted by atomic mass is 32.2. The van der Waals surface area contributed by atoms with Gasteiger partial charge in [0.15, 0.2) is 23.0 Å². The second-order valence-corrected chi connectivity index (χ2v) is 8.49. The molecule has 0 amide bonds. The van der Waals surface area contributed by atoms with Crippen LogP contribution in [0.3, 0.4) is 0 Å². The molecule has 8 heteroatoms. The summed E-state index contributed by atoms with van der Waals surface area (Å²) in [5, 5.41) is 0. The summed E-state index contributed by atoms with van der Waals surface area (Å²) in [7, 11) is -2.17. The van der Waals surface area contributed by atoms with Crippen LogP contribution in [0, 0.1) is 0 Å². The number of rotatable bonds is 4. The number of likely N-dealkylation sites (N-methyl/N-ethyl adjacent to an activating group) is 1. The fourth-order valence-electron chi connectivity index (χ4n) is 3.02. The number of para-hydroxylation sites is 2. The quantitative estimate of drug-likeness (QED) is 0.796. The minimum absolute atomic E-state index is 0.159. The molecule has 7 nitrogen and oxygen atoms in total. The summed E-state index contributed by atoms with van der Waals surface area (Å²) in [6.45, 7) is 1.52. The van der Waals surface area contributed by atoms with E-state index in [9.17, 15) is 8.42 Å². The Balaban J connectivity index is 1.50. The second kappa shape index (κ2) is 7.28. The molecule has 2 aliphatic rings. The van der Waals surface area contributed by atoms with Crippen molar-refractivity contribution in [1.82, 2.24) is 4.31 Å². The van der Waals surface area contributed by atoms with Gasteiger partial charge in [0.1, 0.15) is 12.7 Å². The molecule has 2 aromatic rings. The molecule has 1 atom stereocenters. The average Bonchev–Trinajstić information content (AvgIpc) is 2.92. The first-order chi connectivity index (χ1) is 13.0. The third-order valence-electron chi connectivity index (χ3n) is 4.46. The molecule has 2 aliphatic heterocycles. The Kier molecular flexibility index (Phi) is 4.84. The van der Waals surface area contributed by atoms with Crippen LogP contribution in [0.1, 0.15) is 6.42 Å². The van der Waals surface area contributed by atoms with Crippen molar-refractivity contribution < 1.29 is 27.4 Å². The monoisotopic (exact) mass is 391 g/mol. The van der Waals surface area contributed by atoms with Gasteiger partial charge < -0.3 is 18.9 Å². The average molecular weight is 391 g/mol. The van der Waals surface area contributed by atoms with Gasteiger partial charge in [0, 0.05) is 19.5 Å². The predicted octanol–water partition coefficient (Wildman–Crippen LogP) is 2.31. The lowest BCUT2D eigenvalue weighted by Crippen LogP contribution is -2.41. The lowest BCUT2D eigenvalue weighted by Gasteiger charge is -2.29. The topological polar surface area (TPSA) is 74.3 Å². The number of sulfonamides is 1. The maximum absolute atomic E-state index is 13.0. The largest absolute Gasteiger partial charge is 0.490 e. The molecule has 144 valence electrons. The zero-order chi connectivity index (χ0) is 18.9. The lowest BCUT2D eigenvalue weighted by atomic mass is 10.2. The maximum atomic E-state index is 13.0. The van der Waals surface area contributed by atoms with Gasteiger partial charge in [0.05, 0.1) is 24.7 Å². The molecule has 2 heterocycles. The van der Waals surface area contributed by atoms with Crippen molar-refractivity contribution in [1.29, 1.82) is 0 Å². The van der Waals surface area contributed by atoms with Gasteiger partial charge in [-0.15, -0.1) is 0 Å². The molecule has 0 bridgehead atoms. The Morgan fingerprint density at radius 1 is 0.963 bits per heavy atom. The molecule has 0 fully saturated rings. The summed E-state index contributed by atoms with van der Waals surface area (Å²) < 4.78 is 49.9. The number of benzene rings is 2. The van der Waals surface area contributed by atoms with Gasteiger partial charge in [-0.1, -0.05) is 12.1 Å². The van der Waals surface area contributed by atoms with E-state index in [-0.39, 0.29) is 24.2 Å². The Labute approximate surface area is 158 Å². The molecule has 0 saturated carbocycles. The fraction of sp³-hybridized carbons (Fsp3) is 0.368. The predicted molar refractivity (Wildman–Crippen MR) is 98.2 cm³/mol. The van der Waals surface area contributed by atoms with Crippen molar-refractivity contribution in [2.24, 2.45) is 0 Å². The summed E-state index contributed by atoms with van der Waals surface area (Å²) >= 11 is 0. The molecule has 0 unspecified atom stereocenters. The molecule has 0 spiro atoms. The third kappa shape index (κ3) is 3.68. The van der Waals surface area contributed by atoms with Crippen LogP contribution >= 0.6 is 0 Å². The van der Waals surface area contributed by atoms with E-state index in [0.717, 1.165) is 6.42 Å². The van der Waals surface area contributed by atoms with Crippen molar-refractivity contribution in [3.63, 3.8) is 0 Å². The van der Waals surface area contributed by atoms with E-state index in [2.05, 4.69) is 0 Å². The number of hydrogen-bond donors (Lipinski definition) is 0. The van der Waals surface area contributed by atoms with E-state index in [0.29, 0.717) is 36.2 Å². The Bertz CT molecular complexity index is 930.